The molecule has 0 unspecified atom stereocenters. The molecule has 6 aromatic carbocycles. The van der Waals surface area contributed by atoms with Gasteiger partial charge >= 0.3 is 0 Å². The lowest BCUT2D eigenvalue weighted by atomic mass is 9.61. The summed E-state index contributed by atoms with van der Waals surface area (Å²) in [6.07, 6.45) is 0. The zero-order chi connectivity index (χ0) is 41.9. The van der Waals surface area contributed by atoms with Crippen molar-refractivity contribution in [2.24, 2.45) is 0 Å². The van der Waals surface area contributed by atoms with Crippen molar-refractivity contribution in [1.29, 1.82) is 0 Å². The summed E-state index contributed by atoms with van der Waals surface area (Å²) < 4.78 is 288. The number of fused-ring (bicyclic) bond motifs is 2. The maximum Gasteiger partial charge on any atom is 0.200 e. The lowest BCUT2D eigenvalue weighted by Gasteiger charge is -2.46. The van der Waals surface area contributed by atoms with Gasteiger partial charge in [-0.15, -0.1) is 0 Å². The van der Waals surface area contributed by atoms with Crippen molar-refractivity contribution >= 4 is 17.1 Å². The summed E-state index contributed by atoms with van der Waals surface area (Å²) >= 11 is 0. The van der Waals surface area contributed by atoms with Crippen molar-refractivity contribution in [3.8, 4) is 11.1 Å². The van der Waals surface area contributed by atoms with E-state index < -0.39 is 166 Å². The smallest absolute Gasteiger partial charge is 0.200 e. The number of halogens is 19. The van der Waals surface area contributed by atoms with E-state index in [0.29, 0.717) is 24.3 Å². The van der Waals surface area contributed by atoms with Crippen molar-refractivity contribution in [3.05, 3.63) is 181 Å². The Hall–Kier alpha value is -6.21. The number of benzene rings is 6. The molecule has 0 spiro atoms. The first-order valence-corrected chi connectivity index (χ1v) is 15.2. The standard InChI is InChI=1S/C37H8F19N/c38-17-13(18(39)26(47)31(52)25(17)46)14-19(40)34(55)36(35(56)20(14)41)57-11-7-3-1-5-9(11)37(10-6-2-4-8-12(10)57,15-21(42)27(48)32(53)28(49)22(15)43)16-23(44)29(50)33(54)30(51)24(16)45/h1-8H. The zero-order valence-corrected chi connectivity index (χ0v) is 26.7. The molecule has 1 nitrogen and oxygen atoms in total. The SMILES string of the molecule is Fc1c(F)c(F)c(-c2c(F)c(F)c(N3c4ccccc4C(c4c(F)c(F)c(F)c(F)c4F)(c4c(F)c(F)c(F)c(F)c4F)c4ccccc43)c(F)c2F)c(F)c1F. The second-order valence-corrected chi connectivity index (χ2v) is 11.9. The van der Waals surface area contributed by atoms with Crippen LogP contribution in [0, 0.1) is 111 Å². The van der Waals surface area contributed by atoms with Gasteiger partial charge in [0, 0.05) is 11.1 Å². The molecule has 294 valence electrons. The average Bonchev–Trinajstić information content (AvgIpc) is 3.20. The number of para-hydroxylation sites is 2. The molecule has 0 N–H and O–H groups in total. The van der Waals surface area contributed by atoms with Crippen LogP contribution in [-0.2, 0) is 5.41 Å². The second-order valence-electron chi connectivity index (χ2n) is 11.9. The van der Waals surface area contributed by atoms with E-state index >= 15 is 52.7 Å². The minimum absolute atomic E-state index is 0.000159. The Morgan fingerprint density at radius 3 is 0.842 bits per heavy atom. The lowest BCUT2D eigenvalue weighted by Crippen LogP contribution is -2.42. The highest BCUT2D eigenvalue weighted by Gasteiger charge is 2.55. The number of nitrogens with zero attached hydrogens (tertiary/aromatic N) is 1. The fourth-order valence-electron chi connectivity index (χ4n) is 6.88. The van der Waals surface area contributed by atoms with Crippen LogP contribution < -0.4 is 4.90 Å². The molecule has 0 radical (unpaired) electrons. The Kier molecular flexibility index (Phi) is 9.03. The summed E-state index contributed by atoms with van der Waals surface area (Å²) in [5.74, 6) is -54.6. The third-order valence-corrected chi connectivity index (χ3v) is 9.19. The number of hydrogen-bond acceptors (Lipinski definition) is 1. The summed E-state index contributed by atoms with van der Waals surface area (Å²) in [4.78, 5) is 0.000159. The normalized spacial score (nSPS) is 13.3. The summed E-state index contributed by atoms with van der Waals surface area (Å²) in [7, 11) is 0. The molecule has 1 aliphatic heterocycles. The van der Waals surface area contributed by atoms with E-state index in [2.05, 4.69) is 0 Å². The van der Waals surface area contributed by atoms with Crippen molar-refractivity contribution in [2.45, 2.75) is 5.41 Å². The maximum atomic E-state index is 16.2. The Labute approximate surface area is 303 Å². The molecule has 0 atom stereocenters. The first kappa shape index (κ1) is 39.0. The quantitative estimate of drug-likeness (QED) is 0.0971. The van der Waals surface area contributed by atoms with Gasteiger partial charge in [-0.3, -0.25) is 0 Å². The van der Waals surface area contributed by atoms with Crippen molar-refractivity contribution in [3.63, 3.8) is 0 Å². The fraction of sp³-hybridized carbons (Fsp3) is 0.0270. The van der Waals surface area contributed by atoms with Crippen LogP contribution in [0.25, 0.3) is 11.1 Å². The highest BCUT2D eigenvalue weighted by Crippen LogP contribution is 2.61. The fourth-order valence-corrected chi connectivity index (χ4v) is 6.88. The van der Waals surface area contributed by atoms with Gasteiger partial charge < -0.3 is 4.90 Å². The molecule has 0 amide bonds. The van der Waals surface area contributed by atoms with Gasteiger partial charge in [0.05, 0.1) is 27.9 Å². The van der Waals surface area contributed by atoms with E-state index in [-0.39, 0.29) is 4.90 Å². The first-order valence-electron chi connectivity index (χ1n) is 15.2. The average molecular weight is 827 g/mol. The molecule has 0 bridgehead atoms. The van der Waals surface area contributed by atoms with E-state index in [4.69, 9.17) is 0 Å². The first-order chi connectivity index (χ1) is 26.8. The predicted octanol–water partition coefficient (Wildman–Crippen LogP) is 12.2. The van der Waals surface area contributed by atoms with Crippen LogP contribution in [0.3, 0.4) is 0 Å². The van der Waals surface area contributed by atoms with Crippen LogP contribution >= 0.6 is 0 Å². The molecule has 6 aromatic rings. The Morgan fingerprint density at radius 1 is 0.281 bits per heavy atom. The van der Waals surface area contributed by atoms with Gasteiger partial charge in [-0.05, 0) is 23.3 Å². The van der Waals surface area contributed by atoms with Crippen molar-refractivity contribution in [2.75, 3.05) is 4.90 Å². The van der Waals surface area contributed by atoms with Gasteiger partial charge in [0.15, 0.2) is 93.1 Å². The van der Waals surface area contributed by atoms with Gasteiger partial charge in [-0.25, -0.2) is 83.4 Å². The molecule has 57 heavy (non-hydrogen) atoms. The van der Waals surface area contributed by atoms with Gasteiger partial charge in [0.2, 0.25) is 17.5 Å². The van der Waals surface area contributed by atoms with E-state index in [1.54, 1.807) is 0 Å². The largest absolute Gasteiger partial charge is 0.304 e. The van der Waals surface area contributed by atoms with Gasteiger partial charge in [0.25, 0.3) is 0 Å². The molecule has 1 aliphatic rings. The lowest BCUT2D eigenvalue weighted by molar-refractivity contribution is 0.346. The molecular formula is C37H8F19N. The Bertz CT molecular complexity index is 2530. The molecular weight excluding hydrogens is 819 g/mol. The number of hydrogen-bond donors (Lipinski definition) is 0. The highest BCUT2D eigenvalue weighted by molar-refractivity contribution is 5.90. The third kappa shape index (κ3) is 4.94. The second kappa shape index (κ2) is 13.2. The topological polar surface area (TPSA) is 3.24 Å². The zero-order valence-electron chi connectivity index (χ0n) is 26.7. The molecule has 1 heterocycles. The molecule has 0 fully saturated rings. The minimum atomic E-state index is -4.00. The highest BCUT2D eigenvalue weighted by atomic mass is 19.2. The Morgan fingerprint density at radius 2 is 0.526 bits per heavy atom. The van der Waals surface area contributed by atoms with Crippen LogP contribution in [0.4, 0.5) is 100 Å². The number of anilines is 3. The van der Waals surface area contributed by atoms with Crippen LogP contribution in [0.1, 0.15) is 22.3 Å². The molecule has 7 rings (SSSR count). The van der Waals surface area contributed by atoms with Gasteiger partial charge in [0.1, 0.15) is 5.69 Å². The van der Waals surface area contributed by atoms with Crippen molar-refractivity contribution in [1.82, 2.24) is 0 Å². The molecule has 0 saturated heterocycles. The summed E-state index contributed by atoms with van der Waals surface area (Å²) in [5, 5.41) is 0. The number of rotatable bonds is 4. The van der Waals surface area contributed by atoms with Crippen LogP contribution in [-0.4, -0.2) is 0 Å². The van der Waals surface area contributed by atoms with Gasteiger partial charge in [-0.2, -0.15) is 0 Å². The molecule has 0 saturated carbocycles. The predicted molar refractivity (Wildman–Crippen MR) is 158 cm³/mol. The van der Waals surface area contributed by atoms with Crippen LogP contribution in [0.5, 0.6) is 0 Å². The monoisotopic (exact) mass is 827 g/mol. The molecule has 0 aliphatic carbocycles. The molecule has 0 aromatic heterocycles. The molecule has 20 heteroatoms. The van der Waals surface area contributed by atoms with E-state index in [1.807, 2.05) is 0 Å². The van der Waals surface area contributed by atoms with E-state index in [0.717, 1.165) is 24.3 Å². The summed E-state index contributed by atoms with van der Waals surface area (Å²) in [6, 6.07) is 5.13. The minimum Gasteiger partial charge on any atom is -0.304 e. The summed E-state index contributed by atoms with van der Waals surface area (Å²) in [5.41, 5.74) is -21.0. The van der Waals surface area contributed by atoms with Crippen LogP contribution in [0.15, 0.2) is 48.5 Å². The van der Waals surface area contributed by atoms with Crippen molar-refractivity contribution < 1.29 is 83.4 Å². The van der Waals surface area contributed by atoms with E-state index in [9.17, 15) is 30.7 Å². The Balaban J connectivity index is 1.69. The maximum absolute atomic E-state index is 16.2. The summed E-state index contributed by atoms with van der Waals surface area (Å²) in [6.45, 7) is 0. The van der Waals surface area contributed by atoms with E-state index in [1.165, 1.54) is 0 Å². The van der Waals surface area contributed by atoms with Crippen LogP contribution in [0.2, 0.25) is 0 Å². The third-order valence-electron chi connectivity index (χ3n) is 9.19. The van der Waals surface area contributed by atoms with Gasteiger partial charge in [-0.1, -0.05) is 36.4 Å².